The van der Waals surface area contributed by atoms with Crippen molar-refractivity contribution in [3.63, 3.8) is 0 Å². The number of hydrogen-bond acceptors (Lipinski definition) is 6. The Kier molecular flexibility index (Phi) is 60.8. The Morgan fingerprint density at radius 2 is 0.539 bits per heavy atom. The Hall–Kier alpha value is -3.67. The molecule has 0 aromatic carbocycles. The van der Waals surface area contributed by atoms with Crippen LogP contribution in [-0.2, 0) is 28.6 Å². The summed E-state index contributed by atoms with van der Waals surface area (Å²) in [5.74, 6) is -0.899. The normalized spacial score (nSPS) is 12.7. The summed E-state index contributed by atoms with van der Waals surface area (Å²) in [6, 6.07) is 0. The first-order chi connectivity index (χ1) is 37.5. The zero-order chi connectivity index (χ0) is 55.0. The van der Waals surface area contributed by atoms with Gasteiger partial charge in [-0.05, 0) is 116 Å². The van der Waals surface area contributed by atoms with Crippen LogP contribution in [-0.4, -0.2) is 37.2 Å². The van der Waals surface area contributed by atoms with Gasteiger partial charge in [0, 0.05) is 19.3 Å². The molecule has 0 fully saturated rings. The second-order valence-corrected chi connectivity index (χ2v) is 21.3. The van der Waals surface area contributed by atoms with E-state index in [1.54, 1.807) is 0 Å². The fourth-order valence-corrected chi connectivity index (χ4v) is 8.97. The van der Waals surface area contributed by atoms with Gasteiger partial charge in [0.15, 0.2) is 6.10 Å². The van der Waals surface area contributed by atoms with Crippen molar-refractivity contribution in [1.29, 1.82) is 0 Å². The molecule has 76 heavy (non-hydrogen) atoms. The molecule has 0 saturated carbocycles. The van der Waals surface area contributed by atoms with E-state index in [1.165, 1.54) is 135 Å². The number of carbonyl (C=O) groups excluding carboxylic acids is 3. The molecule has 0 aromatic heterocycles. The van der Waals surface area contributed by atoms with Crippen molar-refractivity contribution in [3.8, 4) is 0 Å². The summed E-state index contributed by atoms with van der Waals surface area (Å²) < 4.78 is 16.9. The van der Waals surface area contributed by atoms with E-state index in [0.29, 0.717) is 19.3 Å². The molecule has 0 aliphatic carbocycles. The minimum absolute atomic E-state index is 0.0844. The van der Waals surface area contributed by atoms with E-state index in [1.807, 2.05) is 0 Å². The third-order valence-electron chi connectivity index (χ3n) is 13.8. The molecule has 0 amide bonds. The lowest BCUT2D eigenvalue weighted by molar-refractivity contribution is -0.167. The lowest BCUT2D eigenvalue weighted by Crippen LogP contribution is -2.30. The molecule has 436 valence electrons. The SMILES string of the molecule is CC/C=C\C/C=C\C/C=C\C/C=C\C/C=C\CCCCCCCCCCCCCCCC(=O)OCC(COC(=O)CCCCCCC/C=C\C/C=C\CCC)OC(=O)CCCCCCC/C=C\CCCCCCCCC. The van der Waals surface area contributed by atoms with Gasteiger partial charge in [0.05, 0.1) is 0 Å². The first kappa shape index (κ1) is 72.3. The number of carbonyl (C=O) groups is 3. The fourth-order valence-electron chi connectivity index (χ4n) is 8.97. The van der Waals surface area contributed by atoms with E-state index < -0.39 is 6.10 Å². The number of hydrogen-bond donors (Lipinski definition) is 0. The molecule has 0 aliphatic rings. The maximum Gasteiger partial charge on any atom is 0.306 e. The molecule has 0 bridgehead atoms. The molecule has 0 aromatic rings. The fraction of sp³-hybridized carbons (Fsp3) is 0.729. The summed E-state index contributed by atoms with van der Waals surface area (Å²) in [7, 11) is 0. The molecule has 0 rings (SSSR count). The average Bonchev–Trinajstić information content (AvgIpc) is 3.42. The number of ether oxygens (including phenoxy) is 3. The smallest absolute Gasteiger partial charge is 0.306 e. The number of unbranched alkanes of at least 4 members (excludes halogenated alkanes) is 31. The Morgan fingerprint density at radius 1 is 0.276 bits per heavy atom. The van der Waals surface area contributed by atoms with Crippen LogP contribution in [0, 0.1) is 0 Å². The summed E-state index contributed by atoms with van der Waals surface area (Å²) in [6.07, 6.45) is 85.6. The maximum absolute atomic E-state index is 12.9. The summed E-state index contributed by atoms with van der Waals surface area (Å²) >= 11 is 0. The third-order valence-corrected chi connectivity index (χ3v) is 13.8. The van der Waals surface area contributed by atoms with Gasteiger partial charge in [0.25, 0.3) is 0 Å². The van der Waals surface area contributed by atoms with Crippen molar-refractivity contribution in [2.45, 2.75) is 316 Å². The predicted molar refractivity (Wildman–Crippen MR) is 330 cm³/mol. The molecule has 1 unspecified atom stereocenters. The van der Waals surface area contributed by atoms with Crippen LogP contribution in [0.4, 0.5) is 0 Å². The Morgan fingerprint density at radius 3 is 0.868 bits per heavy atom. The minimum atomic E-state index is -0.788. The van der Waals surface area contributed by atoms with Crippen molar-refractivity contribution in [2.75, 3.05) is 13.2 Å². The van der Waals surface area contributed by atoms with Crippen LogP contribution < -0.4 is 0 Å². The van der Waals surface area contributed by atoms with E-state index >= 15 is 0 Å². The van der Waals surface area contributed by atoms with Crippen molar-refractivity contribution < 1.29 is 28.6 Å². The summed E-state index contributed by atoms with van der Waals surface area (Å²) in [5, 5.41) is 0. The number of rotatable bonds is 58. The lowest BCUT2D eigenvalue weighted by Gasteiger charge is -2.18. The van der Waals surface area contributed by atoms with Crippen molar-refractivity contribution in [2.24, 2.45) is 0 Å². The zero-order valence-electron chi connectivity index (χ0n) is 50.0. The maximum atomic E-state index is 12.9. The highest BCUT2D eigenvalue weighted by atomic mass is 16.6. The van der Waals surface area contributed by atoms with Crippen LogP contribution in [0.2, 0.25) is 0 Å². The lowest BCUT2D eigenvalue weighted by atomic mass is 10.0. The van der Waals surface area contributed by atoms with Gasteiger partial charge in [-0.1, -0.05) is 272 Å². The van der Waals surface area contributed by atoms with Gasteiger partial charge in [-0.2, -0.15) is 0 Å². The zero-order valence-corrected chi connectivity index (χ0v) is 50.0. The standard InChI is InChI=1S/C70H120O6/c1-4-7-10-13-16-19-22-25-27-29-30-31-32-33-34-35-36-37-38-39-40-41-43-45-48-51-54-57-60-63-69(72)75-66-67(65-74-68(71)62-59-56-53-50-47-44-24-21-18-15-12-9-6-3)76-70(73)64-61-58-55-52-49-46-42-28-26-23-20-17-14-11-8-5-2/h7,10,12,15-16,19,21,24-25,27-28,30-31,33-34,42,67H,4-6,8-9,11,13-14,17-18,20,22-23,26,29,32,35-41,43-66H2,1-3H3/b10-7-,15-12-,19-16-,24-21-,27-25-,31-30-,34-33-,42-28-. The Bertz CT molecular complexity index is 1490. The van der Waals surface area contributed by atoms with Crippen molar-refractivity contribution in [1.82, 2.24) is 0 Å². The topological polar surface area (TPSA) is 78.9 Å². The highest BCUT2D eigenvalue weighted by Gasteiger charge is 2.19. The first-order valence-electron chi connectivity index (χ1n) is 32.2. The molecule has 6 nitrogen and oxygen atoms in total. The average molecular weight is 1060 g/mol. The molecule has 0 N–H and O–H groups in total. The highest BCUT2D eigenvalue weighted by molar-refractivity contribution is 5.71. The Balaban J connectivity index is 4.26. The molecular formula is C70H120O6. The van der Waals surface area contributed by atoms with Gasteiger partial charge in [-0.25, -0.2) is 0 Å². The molecule has 0 radical (unpaired) electrons. The summed E-state index contributed by atoms with van der Waals surface area (Å²) in [4.78, 5) is 38.3. The molecule has 0 heterocycles. The molecule has 0 spiro atoms. The van der Waals surface area contributed by atoms with E-state index in [2.05, 4.69) is 118 Å². The third kappa shape index (κ3) is 61.2. The van der Waals surface area contributed by atoms with Gasteiger partial charge < -0.3 is 14.2 Å². The molecule has 6 heteroatoms. The number of esters is 3. The quantitative estimate of drug-likeness (QED) is 0.0261. The highest BCUT2D eigenvalue weighted by Crippen LogP contribution is 2.16. The van der Waals surface area contributed by atoms with E-state index in [-0.39, 0.29) is 31.1 Å². The second kappa shape index (κ2) is 63.9. The second-order valence-electron chi connectivity index (χ2n) is 21.3. The monoisotopic (exact) mass is 1060 g/mol. The largest absolute Gasteiger partial charge is 0.462 e. The predicted octanol–water partition coefficient (Wildman–Crippen LogP) is 22.0. The van der Waals surface area contributed by atoms with E-state index in [0.717, 1.165) is 135 Å². The van der Waals surface area contributed by atoms with Crippen LogP contribution in [0.3, 0.4) is 0 Å². The molecule has 0 aliphatic heterocycles. The summed E-state index contributed by atoms with van der Waals surface area (Å²) in [5.41, 5.74) is 0. The minimum Gasteiger partial charge on any atom is -0.462 e. The van der Waals surface area contributed by atoms with Crippen LogP contribution in [0.1, 0.15) is 310 Å². The molecular weight excluding hydrogens is 937 g/mol. The van der Waals surface area contributed by atoms with Crippen LogP contribution >= 0.6 is 0 Å². The Labute approximate surface area is 470 Å². The van der Waals surface area contributed by atoms with Gasteiger partial charge in [0.1, 0.15) is 13.2 Å². The van der Waals surface area contributed by atoms with E-state index in [4.69, 9.17) is 14.2 Å². The van der Waals surface area contributed by atoms with Crippen molar-refractivity contribution >= 4 is 17.9 Å². The first-order valence-corrected chi connectivity index (χ1v) is 32.2. The van der Waals surface area contributed by atoms with Crippen LogP contribution in [0.15, 0.2) is 97.2 Å². The molecule has 1 atom stereocenters. The van der Waals surface area contributed by atoms with Gasteiger partial charge >= 0.3 is 17.9 Å². The van der Waals surface area contributed by atoms with Gasteiger partial charge in [-0.3, -0.25) is 14.4 Å². The van der Waals surface area contributed by atoms with Gasteiger partial charge in [-0.15, -0.1) is 0 Å². The van der Waals surface area contributed by atoms with E-state index in [9.17, 15) is 14.4 Å². The number of allylic oxidation sites excluding steroid dienone is 16. The van der Waals surface area contributed by atoms with Gasteiger partial charge in [0.2, 0.25) is 0 Å². The van der Waals surface area contributed by atoms with Crippen molar-refractivity contribution in [3.05, 3.63) is 97.2 Å². The molecule has 0 saturated heterocycles. The van der Waals surface area contributed by atoms with Crippen LogP contribution in [0.25, 0.3) is 0 Å². The summed E-state index contributed by atoms with van der Waals surface area (Å²) in [6.45, 7) is 6.46. The van der Waals surface area contributed by atoms with Crippen LogP contribution in [0.5, 0.6) is 0 Å².